The summed E-state index contributed by atoms with van der Waals surface area (Å²) in [7, 11) is 0. The van der Waals surface area contributed by atoms with Gasteiger partial charge in [-0.15, -0.1) is 0 Å². The normalized spacial score (nSPS) is 33.6. The largest absolute Gasteiger partial charge is 0.394 e. The van der Waals surface area contributed by atoms with Crippen molar-refractivity contribution in [2.45, 2.75) is 25.1 Å². The Kier molecular flexibility index (Phi) is 3.90. The number of thioether (sulfide) groups is 1. The number of ether oxygens (including phenoxy) is 1. The van der Waals surface area contributed by atoms with Crippen molar-refractivity contribution in [3.05, 3.63) is 0 Å². The Hall–Kier alpha value is -0.790. The Morgan fingerprint density at radius 1 is 1.71 bits per heavy atom. The first-order valence-corrected chi connectivity index (χ1v) is 6.56. The zero-order chi connectivity index (χ0) is 12.4. The van der Waals surface area contributed by atoms with Crippen molar-refractivity contribution in [2.24, 2.45) is 0 Å². The lowest BCUT2D eigenvalue weighted by Crippen LogP contribution is -2.56. The molecule has 7 heteroatoms. The van der Waals surface area contributed by atoms with Crippen molar-refractivity contribution >= 4 is 22.9 Å². The molecule has 2 N–H and O–H groups in total. The van der Waals surface area contributed by atoms with Gasteiger partial charge >= 0.3 is 0 Å². The monoisotopic (exact) mass is 260 g/mol. The summed E-state index contributed by atoms with van der Waals surface area (Å²) in [5.74, 6) is 0.392. The minimum Gasteiger partial charge on any atom is -0.394 e. The van der Waals surface area contributed by atoms with Crippen LogP contribution in [0, 0.1) is 0 Å². The van der Waals surface area contributed by atoms with E-state index in [2.05, 4.69) is 5.32 Å². The Labute approximate surface area is 104 Å². The van der Waals surface area contributed by atoms with Gasteiger partial charge in [0.2, 0.25) is 5.91 Å². The van der Waals surface area contributed by atoms with Gasteiger partial charge in [0.15, 0.2) is 0 Å². The third kappa shape index (κ3) is 2.72. The van der Waals surface area contributed by atoms with Crippen molar-refractivity contribution in [1.29, 1.82) is 0 Å². The summed E-state index contributed by atoms with van der Waals surface area (Å²) in [5, 5.41) is 11.5. The lowest BCUT2D eigenvalue weighted by Gasteiger charge is -2.38. The number of hydrogen-bond acceptors (Lipinski definition) is 5. The zero-order valence-electron chi connectivity index (χ0n) is 9.59. The van der Waals surface area contributed by atoms with Crippen LogP contribution in [0.3, 0.4) is 0 Å². The molecule has 0 aromatic carbocycles. The second-order valence-corrected chi connectivity index (χ2v) is 5.27. The third-order valence-corrected chi connectivity index (χ3v) is 3.84. The molecule has 2 aliphatic heterocycles. The Morgan fingerprint density at radius 2 is 2.47 bits per heavy atom. The molecule has 3 atom stereocenters. The van der Waals surface area contributed by atoms with Gasteiger partial charge in [-0.05, 0) is 6.92 Å². The fourth-order valence-electron chi connectivity index (χ4n) is 1.95. The van der Waals surface area contributed by atoms with Gasteiger partial charge in [-0.1, -0.05) is 11.8 Å². The maximum Gasteiger partial charge on any atom is 0.279 e. The topological polar surface area (TPSA) is 78.9 Å². The molecule has 96 valence electrons. The van der Waals surface area contributed by atoms with E-state index >= 15 is 0 Å². The summed E-state index contributed by atoms with van der Waals surface area (Å²) >= 11 is 1.13. The molecular formula is C10H16N2O4S. The van der Waals surface area contributed by atoms with Crippen molar-refractivity contribution in [3.8, 4) is 0 Å². The van der Waals surface area contributed by atoms with Gasteiger partial charge in [-0.2, -0.15) is 0 Å². The maximum absolute atomic E-state index is 12.2. The van der Waals surface area contributed by atoms with E-state index in [4.69, 9.17) is 9.84 Å². The number of amides is 2. The zero-order valence-corrected chi connectivity index (χ0v) is 10.4. The number of carbonyl (C=O) groups excluding carboxylic acids is 2. The van der Waals surface area contributed by atoms with Crippen LogP contribution in [0.2, 0.25) is 0 Å². The average molecular weight is 260 g/mol. The number of carbonyl (C=O) groups is 2. The summed E-state index contributed by atoms with van der Waals surface area (Å²) in [6.07, 6.45) is -0.320. The highest BCUT2D eigenvalue weighted by Gasteiger charge is 2.36. The third-order valence-electron chi connectivity index (χ3n) is 2.96. The van der Waals surface area contributed by atoms with Crippen molar-refractivity contribution in [3.63, 3.8) is 0 Å². The first-order chi connectivity index (χ1) is 8.11. The van der Waals surface area contributed by atoms with Gasteiger partial charge in [0.25, 0.3) is 5.24 Å². The molecular weight excluding hydrogens is 244 g/mol. The van der Waals surface area contributed by atoms with Crippen molar-refractivity contribution in [1.82, 2.24) is 10.2 Å². The van der Waals surface area contributed by atoms with Crippen LogP contribution in [0.25, 0.3) is 0 Å². The van der Waals surface area contributed by atoms with E-state index in [0.717, 1.165) is 11.8 Å². The second kappa shape index (κ2) is 5.24. The first kappa shape index (κ1) is 12.7. The van der Waals surface area contributed by atoms with E-state index in [0.29, 0.717) is 18.9 Å². The average Bonchev–Trinajstić information content (AvgIpc) is 2.76. The molecule has 2 amide bonds. The molecule has 0 radical (unpaired) electrons. The molecule has 2 heterocycles. The summed E-state index contributed by atoms with van der Waals surface area (Å²) < 4.78 is 5.37. The second-order valence-electron chi connectivity index (χ2n) is 4.27. The smallest absolute Gasteiger partial charge is 0.279 e. The minimum atomic E-state index is -0.438. The predicted molar refractivity (Wildman–Crippen MR) is 62.8 cm³/mol. The molecule has 3 unspecified atom stereocenters. The predicted octanol–water partition coefficient (Wildman–Crippen LogP) is -0.580. The van der Waals surface area contributed by atoms with Gasteiger partial charge in [0.05, 0.1) is 25.4 Å². The highest BCUT2D eigenvalue weighted by molar-refractivity contribution is 8.14. The van der Waals surface area contributed by atoms with Gasteiger partial charge in [-0.25, -0.2) is 0 Å². The van der Waals surface area contributed by atoms with E-state index in [1.165, 1.54) is 0 Å². The van der Waals surface area contributed by atoms with Gasteiger partial charge in [-0.3, -0.25) is 9.59 Å². The van der Waals surface area contributed by atoms with Gasteiger partial charge < -0.3 is 20.1 Å². The van der Waals surface area contributed by atoms with Crippen LogP contribution in [0.15, 0.2) is 0 Å². The van der Waals surface area contributed by atoms with Crippen LogP contribution in [-0.4, -0.2) is 64.9 Å². The summed E-state index contributed by atoms with van der Waals surface area (Å²) in [4.78, 5) is 24.9. The van der Waals surface area contributed by atoms with Gasteiger partial charge in [0.1, 0.15) is 6.04 Å². The van der Waals surface area contributed by atoms with Crippen LogP contribution in [0.1, 0.15) is 6.92 Å². The van der Waals surface area contributed by atoms with E-state index in [9.17, 15) is 9.59 Å². The maximum atomic E-state index is 12.2. The lowest BCUT2D eigenvalue weighted by molar-refractivity contribution is -0.147. The molecule has 2 saturated heterocycles. The Balaban J connectivity index is 1.99. The molecule has 2 rings (SSSR count). The van der Waals surface area contributed by atoms with Crippen LogP contribution in [0.5, 0.6) is 0 Å². The van der Waals surface area contributed by atoms with Crippen LogP contribution >= 0.6 is 11.8 Å². The molecule has 0 aromatic rings. The molecule has 0 aromatic heterocycles. The molecule has 17 heavy (non-hydrogen) atoms. The first-order valence-electron chi connectivity index (χ1n) is 5.58. The number of nitrogens with zero attached hydrogens (tertiary/aromatic N) is 1. The number of aliphatic hydroxyl groups excluding tert-OH is 1. The Bertz CT molecular complexity index is 325. The molecule has 0 bridgehead atoms. The number of aliphatic hydroxyl groups is 1. The number of rotatable bonds is 2. The van der Waals surface area contributed by atoms with Crippen LogP contribution in [0.4, 0.5) is 4.79 Å². The molecule has 0 spiro atoms. The SMILES string of the molecule is CC1COC(CO)CN1C(=O)C1CSC(=O)N1. The van der Waals surface area contributed by atoms with Gasteiger partial charge in [0, 0.05) is 12.3 Å². The van der Waals surface area contributed by atoms with Crippen molar-refractivity contribution in [2.75, 3.05) is 25.5 Å². The lowest BCUT2D eigenvalue weighted by atomic mass is 10.1. The fraction of sp³-hybridized carbons (Fsp3) is 0.800. The van der Waals surface area contributed by atoms with E-state index in [1.54, 1.807) is 4.90 Å². The van der Waals surface area contributed by atoms with E-state index < -0.39 is 6.04 Å². The van der Waals surface area contributed by atoms with Crippen LogP contribution in [-0.2, 0) is 9.53 Å². The standard InChI is InChI=1S/C10H16N2O4S/c1-6-4-16-7(3-13)2-12(6)9(14)8-5-17-10(15)11-8/h6-8,13H,2-5H2,1H3,(H,11,15). The van der Waals surface area contributed by atoms with E-state index in [1.807, 2.05) is 6.92 Å². The molecule has 6 nitrogen and oxygen atoms in total. The number of nitrogens with one attached hydrogen (secondary N) is 1. The number of morpholine rings is 1. The molecule has 2 fully saturated rings. The van der Waals surface area contributed by atoms with E-state index in [-0.39, 0.29) is 29.9 Å². The Morgan fingerprint density at radius 3 is 3.06 bits per heavy atom. The fourth-order valence-corrected chi connectivity index (χ4v) is 2.72. The summed E-state index contributed by atoms with van der Waals surface area (Å²) in [6.45, 7) is 2.61. The molecule has 0 saturated carbocycles. The van der Waals surface area contributed by atoms with Crippen molar-refractivity contribution < 1.29 is 19.4 Å². The summed E-state index contributed by atoms with van der Waals surface area (Å²) in [6, 6.07) is -0.458. The highest BCUT2D eigenvalue weighted by Crippen LogP contribution is 2.18. The highest BCUT2D eigenvalue weighted by atomic mass is 32.2. The quantitative estimate of drug-likeness (QED) is 0.694. The summed E-state index contributed by atoms with van der Waals surface area (Å²) in [5.41, 5.74) is 0. The molecule has 2 aliphatic rings. The molecule has 0 aliphatic carbocycles. The van der Waals surface area contributed by atoms with Crippen LogP contribution < -0.4 is 5.32 Å². The minimum absolute atomic E-state index is 0.0206. The number of hydrogen-bond donors (Lipinski definition) is 2.